The van der Waals surface area contributed by atoms with E-state index in [2.05, 4.69) is 0 Å². The third kappa shape index (κ3) is 3.43. The normalized spacial score (nSPS) is 20.1. The molecule has 84 valence electrons. The summed E-state index contributed by atoms with van der Waals surface area (Å²) in [6, 6.07) is 0.110. The van der Waals surface area contributed by atoms with Gasteiger partial charge < -0.3 is 10.2 Å². The largest absolute Gasteiger partial charge is 0.415 e. The molecule has 1 atom stereocenters. The molecule has 1 unspecified atom stereocenters. The highest BCUT2D eigenvalue weighted by molar-refractivity contribution is 4.86. The second kappa shape index (κ2) is 4.46. The molecule has 0 aliphatic heterocycles. The summed E-state index contributed by atoms with van der Waals surface area (Å²) in [5, 5.41) is 17.4. The first-order valence-electron chi connectivity index (χ1n) is 4.55. The second-order valence-corrected chi connectivity index (χ2v) is 3.51. The first-order chi connectivity index (χ1) is 6.45. The molecule has 1 fully saturated rings. The topological polar surface area (TPSA) is 43.7 Å². The molecule has 0 aromatic rings. The van der Waals surface area contributed by atoms with Crippen LogP contribution in [0.4, 0.5) is 13.2 Å². The van der Waals surface area contributed by atoms with E-state index in [4.69, 9.17) is 10.2 Å². The van der Waals surface area contributed by atoms with E-state index < -0.39 is 18.8 Å². The first kappa shape index (κ1) is 11.7. The van der Waals surface area contributed by atoms with Crippen LogP contribution in [0.5, 0.6) is 0 Å². The summed E-state index contributed by atoms with van der Waals surface area (Å²) >= 11 is 0. The van der Waals surface area contributed by atoms with Crippen LogP contribution in [0.3, 0.4) is 0 Å². The van der Waals surface area contributed by atoms with Crippen molar-refractivity contribution in [2.24, 2.45) is 0 Å². The summed E-state index contributed by atoms with van der Waals surface area (Å²) in [6.45, 7) is -0.423. The van der Waals surface area contributed by atoms with Gasteiger partial charge in [-0.25, -0.2) is 0 Å². The van der Waals surface area contributed by atoms with Gasteiger partial charge in [-0.2, -0.15) is 13.2 Å². The lowest BCUT2D eigenvalue weighted by Gasteiger charge is -2.25. The van der Waals surface area contributed by atoms with Crippen LogP contribution in [0.15, 0.2) is 0 Å². The third-order valence-electron chi connectivity index (χ3n) is 2.24. The molecule has 0 aromatic carbocycles. The van der Waals surface area contributed by atoms with Crippen LogP contribution in [0.25, 0.3) is 0 Å². The molecular weight excluding hydrogens is 199 g/mol. The maximum atomic E-state index is 12.0. The molecule has 1 saturated carbocycles. The van der Waals surface area contributed by atoms with E-state index in [1.807, 2.05) is 0 Å². The third-order valence-corrected chi connectivity index (χ3v) is 2.24. The van der Waals surface area contributed by atoms with Crippen LogP contribution >= 0.6 is 0 Å². The Bertz CT molecular complexity index is 182. The molecule has 0 aromatic heterocycles. The van der Waals surface area contributed by atoms with Gasteiger partial charge in [0.25, 0.3) is 0 Å². The number of nitrogens with zero attached hydrogens (tertiary/aromatic N) is 1. The molecule has 1 aliphatic carbocycles. The predicted molar refractivity (Wildman–Crippen MR) is 43.7 cm³/mol. The fourth-order valence-corrected chi connectivity index (χ4v) is 1.32. The Labute approximate surface area is 80.1 Å². The van der Waals surface area contributed by atoms with Gasteiger partial charge >= 0.3 is 6.18 Å². The lowest BCUT2D eigenvalue weighted by molar-refractivity contribution is -0.208. The standard InChI is InChI=1S/C8H14F3NO2/c9-8(10,11)7(14)5-12(3-4-13)6-1-2-6/h6-7,13-14H,1-5H2. The van der Waals surface area contributed by atoms with E-state index in [0.717, 1.165) is 12.8 Å². The summed E-state index contributed by atoms with van der Waals surface area (Å²) in [5.41, 5.74) is 0. The summed E-state index contributed by atoms with van der Waals surface area (Å²) in [7, 11) is 0. The molecule has 0 radical (unpaired) electrons. The monoisotopic (exact) mass is 213 g/mol. The van der Waals surface area contributed by atoms with Crippen LogP contribution < -0.4 is 0 Å². The van der Waals surface area contributed by atoms with Crippen molar-refractivity contribution >= 4 is 0 Å². The number of hydrogen-bond acceptors (Lipinski definition) is 3. The van der Waals surface area contributed by atoms with Gasteiger partial charge in [0.05, 0.1) is 6.61 Å². The lowest BCUT2D eigenvalue weighted by Crippen LogP contribution is -2.43. The van der Waals surface area contributed by atoms with Crippen LogP contribution in [0.2, 0.25) is 0 Å². The average Bonchev–Trinajstić information content (AvgIpc) is 2.83. The number of halogens is 3. The van der Waals surface area contributed by atoms with Crippen LogP contribution in [0, 0.1) is 0 Å². The van der Waals surface area contributed by atoms with Crippen molar-refractivity contribution in [3.63, 3.8) is 0 Å². The maximum Gasteiger partial charge on any atom is 0.415 e. The Morgan fingerprint density at radius 2 is 1.93 bits per heavy atom. The first-order valence-corrected chi connectivity index (χ1v) is 4.55. The molecule has 2 N–H and O–H groups in total. The van der Waals surface area contributed by atoms with Crippen LogP contribution in [0.1, 0.15) is 12.8 Å². The molecule has 0 spiro atoms. The molecule has 1 aliphatic rings. The number of rotatable bonds is 5. The molecule has 14 heavy (non-hydrogen) atoms. The maximum absolute atomic E-state index is 12.0. The van der Waals surface area contributed by atoms with Gasteiger partial charge in [0.15, 0.2) is 6.10 Å². The molecule has 0 bridgehead atoms. The molecule has 0 heterocycles. The van der Waals surface area contributed by atoms with Gasteiger partial charge in [0.1, 0.15) is 0 Å². The minimum Gasteiger partial charge on any atom is -0.395 e. The molecule has 0 saturated heterocycles. The highest BCUT2D eigenvalue weighted by Crippen LogP contribution is 2.29. The molecule has 1 rings (SSSR count). The van der Waals surface area contributed by atoms with Crippen LogP contribution in [-0.2, 0) is 0 Å². The Morgan fingerprint density at radius 1 is 1.36 bits per heavy atom. The predicted octanol–water partition coefficient (Wildman–Crippen LogP) is 0.366. The molecule has 0 amide bonds. The van der Waals surface area contributed by atoms with Crippen molar-refractivity contribution < 1.29 is 23.4 Å². The summed E-state index contributed by atoms with van der Waals surface area (Å²) in [5.74, 6) is 0. The van der Waals surface area contributed by atoms with Gasteiger partial charge in [-0.1, -0.05) is 0 Å². The molecule has 3 nitrogen and oxygen atoms in total. The Balaban J connectivity index is 2.38. The van der Waals surface area contributed by atoms with E-state index in [0.29, 0.717) is 0 Å². The van der Waals surface area contributed by atoms with Crippen molar-refractivity contribution in [2.45, 2.75) is 31.2 Å². The van der Waals surface area contributed by atoms with Crippen molar-refractivity contribution in [3.05, 3.63) is 0 Å². The summed E-state index contributed by atoms with van der Waals surface area (Å²) in [6.07, 6.45) is -5.17. The highest BCUT2D eigenvalue weighted by atomic mass is 19.4. The fourth-order valence-electron chi connectivity index (χ4n) is 1.32. The Hall–Kier alpha value is -0.330. The van der Waals surface area contributed by atoms with Gasteiger partial charge in [0, 0.05) is 19.1 Å². The Morgan fingerprint density at radius 3 is 2.29 bits per heavy atom. The quantitative estimate of drug-likeness (QED) is 0.693. The van der Waals surface area contributed by atoms with Gasteiger partial charge in [0.2, 0.25) is 0 Å². The minimum absolute atomic E-state index is 0.110. The van der Waals surface area contributed by atoms with Gasteiger partial charge in [-0.05, 0) is 12.8 Å². The summed E-state index contributed by atoms with van der Waals surface area (Å²) < 4.78 is 36.0. The van der Waals surface area contributed by atoms with E-state index in [9.17, 15) is 13.2 Å². The minimum atomic E-state index is -4.57. The average molecular weight is 213 g/mol. The fraction of sp³-hybridized carbons (Fsp3) is 1.00. The Kier molecular flexibility index (Phi) is 3.74. The van der Waals surface area contributed by atoms with Gasteiger partial charge in [-0.15, -0.1) is 0 Å². The second-order valence-electron chi connectivity index (χ2n) is 3.51. The van der Waals surface area contributed by atoms with E-state index in [-0.39, 0.29) is 19.2 Å². The number of aliphatic hydroxyl groups is 2. The van der Waals surface area contributed by atoms with Crippen LogP contribution in [-0.4, -0.2) is 53.1 Å². The highest BCUT2D eigenvalue weighted by Gasteiger charge is 2.41. The number of alkyl halides is 3. The SMILES string of the molecule is OCCN(CC(O)C(F)(F)F)C1CC1. The zero-order valence-electron chi connectivity index (χ0n) is 7.67. The lowest BCUT2D eigenvalue weighted by atomic mass is 10.3. The van der Waals surface area contributed by atoms with E-state index in [1.54, 1.807) is 0 Å². The zero-order chi connectivity index (χ0) is 10.8. The smallest absolute Gasteiger partial charge is 0.395 e. The van der Waals surface area contributed by atoms with Crippen molar-refractivity contribution in [1.82, 2.24) is 4.90 Å². The van der Waals surface area contributed by atoms with Crippen molar-refractivity contribution in [1.29, 1.82) is 0 Å². The van der Waals surface area contributed by atoms with Crippen molar-refractivity contribution in [3.8, 4) is 0 Å². The summed E-state index contributed by atoms with van der Waals surface area (Å²) in [4.78, 5) is 1.48. The van der Waals surface area contributed by atoms with Crippen molar-refractivity contribution in [2.75, 3.05) is 19.7 Å². The van der Waals surface area contributed by atoms with Gasteiger partial charge in [-0.3, -0.25) is 4.90 Å². The molecular formula is C8H14F3NO2. The van der Waals surface area contributed by atoms with E-state index in [1.165, 1.54) is 4.90 Å². The number of hydrogen-bond donors (Lipinski definition) is 2. The number of aliphatic hydroxyl groups excluding tert-OH is 2. The zero-order valence-corrected chi connectivity index (χ0v) is 7.67. The van der Waals surface area contributed by atoms with E-state index >= 15 is 0 Å². The molecule has 6 heteroatoms.